The molecule has 0 aromatic carbocycles. The molecule has 0 saturated heterocycles. The predicted molar refractivity (Wildman–Crippen MR) is 64.3 cm³/mol. The van der Waals surface area contributed by atoms with Crippen LogP contribution >= 0.6 is 0 Å². The summed E-state index contributed by atoms with van der Waals surface area (Å²) in [7, 11) is 0. The van der Waals surface area contributed by atoms with Crippen molar-refractivity contribution in [3.8, 4) is 0 Å². The predicted octanol–water partition coefficient (Wildman–Crippen LogP) is 4.65. The van der Waals surface area contributed by atoms with Gasteiger partial charge in [0.05, 0.1) is 0 Å². The van der Waals surface area contributed by atoms with Crippen LogP contribution in [0.3, 0.4) is 0 Å². The Morgan fingerprint density at radius 2 is 1.71 bits per heavy atom. The van der Waals surface area contributed by atoms with E-state index in [9.17, 15) is 0 Å². The monoisotopic (exact) mass is 190 g/mol. The zero-order chi connectivity index (χ0) is 10.2. The van der Waals surface area contributed by atoms with Gasteiger partial charge in [0.15, 0.2) is 0 Å². The standard InChI is InChI=1S/C14H22/c1-3-5-10-13(9-4-2)14-11-7-6-8-12-14/h3-5,9-10,14H,6-8,11-12H2,1-2H3/b5-3+,9-4-,13-10+. The van der Waals surface area contributed by atoms with E-state index in [0.717, 1.165) is 5.92 Å². The molecule has 0 nitrogen and oxygen atoms in total. The molecule has 0 heterocycles. The summed E-state index contributed by atoms with van der Waals surface area (Å²) in [5.74, 6) is 0.816. The number of hydrogen-bond acceptors (Lipinski definition) is 0. The topological polar surface area (TPSA) is 0 Å². The van der Waals surface area contributed by atoms with Crippen molar-refractivity contribution in [1.82, 2.24) is 0 Å². The first-order valence-corrected chi connectivity index (χ1v) is 5.84. The minimum absolute atomic E-state index is 0.816. The largest absolute Gasteiger partial charge is 0.0877 e. The van der Waals surface area contributed by atoms with Gasteiger partial charge in [-0.1, -0.05) is 49.6 Å². The molecule has 1 fully saturated rings. The molecule has 0 spiro atoms. The molecule has 0 N–H and O–H groups in total. The van der Waals surface area contributed by atoms with E-state index in [1.807, 2.05) is 0 Å². The average molecular weight is 190 g/mol. The molecule has 0 radical (unpaired) electrons. The molecule has 0 amide bonds. The first kappa shape index (κ1) is 11.3. The fourth-order valence-electron chi connectivity index (χ4n) is 2.16. The Morgan fingerprint density at radius 3 is 2.29 bits per heavy atom. The third-order valence-corrected chi connectivity index (χ3v) is 2.92. The van der Waals surface area contributed by atoms with Gasteiger partial charge in [0, 0.05) is 0 Å². The molecule has 1 aliphatic carbocycles. The molecule has 0 aromatic heterocycles. The summed E-state index contributed by atoms with van der Waals surface area (Å²) in [5, 5.41) is 0. The Balaban J connectivity index is 2.65. The minimum atomic E-state index is 0.816. The van der Waals surface area contributed by atoms with Crippen LogP contribution in [0.5, 0.6) is 0 Å². The van der Waals surface area contributed by atoms with E-state index in [2.05, 4.69) is 44.2 Å². The number of hydrogen-bond donors (Lipinski definition) is 0. The van der Waals surface area contributed by atoms with Crippen LogP contribution < -0.4 is 0 Å². The minimum Gasteiger partial charge on any atom is -0.0877 e. The summed E-state index contributed by atoms with van der Waals surface area (Å²) in [6.07, 6.45) is 18.0. The average Bonchev–Trinajstić information content (AvgIpc) is 2.25. The van der Waals surface area contributed by atoms with Gasteiger partial charge in [-0.25, -0.2) is 0 Å². The van der Waals surface area contributed by atoms with Crippen molar-refractivity contribution in [3.63, 3.8) is 0 Å². The Hall–Kier alpha value is -0.780. The second-order valence-corrected chi connectivity index (χ2v) is 4.03. The molecule has 78 valence electrons. The van der Waals surface area contributed by atoms with Gasteiger partial charge in [0.2, 0.25) is 0 Å². The van der Waals surface area contributed by atoms with Crippen LogP contribution in [0.15, 0.2) is 36.0 Å². The molecular formula is C14H22. The fourth-order valence-corrected chi connectivity index (χ4v) is 2.16. The first-order valence-electron chi connectivity index (χ1n) is 5.84. The van der Waals surface area contributed by atoms with Gasteiger partial charge in [-0.05, 0) is 38.2 Å². The zero-order valence-corrected chi connectivity index (χ0v) is 9.50. The fraction of sp³-hybridized carbons (Fsp3) is 0.571. The maximum absolute atomic E-state index is 2.27. The molecular weight excluding hydrogens is 168 g/mol. The van der Waals surface area contributed by atoms with Crippen LogP contribution in [0.4, 0.5) is 0 Å². The molecule has 0 bridgehead atoms. The number of rotatable bonds is 3. The summed E-state index contributed by atoms with van der Waals surface area (Å²) in [6, 6.07) is 0. The molecule has 0 unspecified atom stereocenters. The molecule has 14 heavy (non-hydrogen) atoms. The van der Waals surface area contributed by atoms with Gasteiger partial charge in [-0.15, -0.1) is 0 Å². The van der Waals surface area contributed by atoms with Gasteiger partial charge in [0.25, 0.3) is 0 Å². The second kappa shape index (κ2) is 6.64. The van der Waals surface area contributed by atoms with Crippen molar-refractivity contribution in [1.29, 1.82) is 0 Å². The molecule has 1 aliphatic rings. The molecule has 0 heteroatoms. The lowest BCUT2D eigenvalue weighted by Gasteiger charge is -2.22. The van der Waals surface area contributed by atoms with Crippen LogP contribution in [-0.2, 0) is 0 Å². The summed E-state index contributed by atoms with van der Waals surface area (Å²) < 4.78 is 0. The highest BCUT2D eigenvalue weighted by Gasteiger charge is 2.15. The lowest BCUT2D eigenvalue weighted by Crippen LogP contribution is -2.07. The SMILES string of the molecule is C\C=C/C(=C\C=C\C)C1CCCCC1. The van der Waals surface area contributed by atoms with Crippen LogP contribution in [0.2, 0.25) is 0 Å². The van der Waals surface area contributed by atoms with Crippen molar-refractivity contribution in [2.24, 2.45) is 5.92 Å². The second-order valence-electron chi connectivity index (χ2n) is 4.03. The molecule has 1 saturated carbocycles. The van der Waals surface area contributed by atoms with E-state index in [4.69, 9.17) is 0 Å². The zero-order valence-electron chi connectivity index (χ0n) is 9.50. The van der Waals surface area contributed by atoms with Gasteiger partial charge in [-0.3, -0.25) is 0 Å². The van der Waals surface area contributed by atoms with E-state index >= 15 is 0 Å². The van der Waals surface area contributed by atoms with Crippen LogP contribution in [-0.4, -0.2) is 0 Å². The smallest absolute Gasteiger partial charge is 0.0162 e. The van der Waals surface area contributed by atoms with Crippen molar-refractivity contribution in [2.45, 2.75) is 46.0 Å². The van der Waals surface area contributed by atoms with Crippen molar-refractivity contribution in [3.05, 3.63) is 36.0 Å². The van der Waals surface area contributed by atoms with Gasteiger partial charge < -0.3 is 0 Å². The highest BCUT2D eigenvalue weighted by Crippen LogP contribution is 2.30. The maximum Gasteiger partial charge on any atom is -0.0162 e. The van der Waals surface area contributed by atoms with Crippen LogP contribution in [0, 0.1) is 5.92 Å². The molecule has 1 rings (SSSR count). The lowest BCUT2D eigenvalue weighted by molar-refractivity contribution is 0.408. The van der Waals surface area contributed by atoms with E-state index in [1.165, 1.54) is 37.7 Å². The van der Waals surface area contributed by atoms with E-state index in [0.29, 0.717) is 0 Å². The summed E-state index contributed by atoms with van der Waals surface area (Å²) in [4.78, 5) is 0. The van der Waals surface area contributed by atoms with Gasteiger partial charge >= 0.3 is 0 Å². The lowest BCUT2D eigenvalue weighted by atomic mass is 9.83. The highest BCUT2D eigenvalue weighted by molar-refractivity contribution is 5.26. The quantitative estimate of drug-likeness (QED) is 0.568. The normalized spacial score (nSPS) is 21.1. The van der Waals surface area contributed by atoms with E-state index in [-0.39, 0.29) is 0 Å². The Labute approximate surface area is 88.4 Å². The van der Waals surface area contributed by atoms with E-state index in [1.54, 1.807) is 0 Å². The highest BCUT2D eigenvalue weighted by atomic mass is 14.2. The van der Waals surface area contributed by atoms with Crippen LogP contribution in [0.1, 0.15) is 46.0 Å². The Kier molecular flexibility index (Phi) is 5.36. The van der Waals surface area contributed by atoms with E-state index < -0.39 is 0 Å². The summed E-state index contributed by atoms with van der Waals surface area (Å²) >= 11 is 0. The molecule has 0 aromatic rings. The summed E-state index contributed by atoms with van der Waals surface area (Å²) in [5.41, 5.74) is 1.52. The van der Waals surface area contributed by atoms with Crippen LogP contribution in [0.25, 0.3) is 0 Å². The molecule has 0 atom stereocenters. The maximum atomic E-state index is 2.27. The van der Waals surface area contributed by atoms with Crippen molar-refractivity contribution < 1.29 is 0 Å². The number of allylic oxidation sites excluding steroid dienone is 6. The third-order valence-electron chi connectivity index (χ3n) is 2.92. The Morgan fingerprint density at radius 1 is 1.00 bits per heavy atom. The van der Waals surface area contributed by atoms with Gasteiger partial charge in [0.1, 0.15) is 0 Å². The third kappa shape index (κ3) is 3.53. The van der Waals surface area contributed by atoms with Crippen molar-refractivity contribution in [2.75, 3.05) is 0 Å². The van der Waals surface area contributed by atoms with Gasteiger partial charge in [-0.2, -0.15) is 0 Å². The Bertz CT molecular complexity index is 224. The summed E-state index contributed by atoms with van der Waals surface area (Å²) in [6.45, 7) is 4.18. The first-order chi connectivity index (χ1) is 6.88. The molecule has 0 aliphatic heterocycles. The van der Waals surface area contributed by atoms with Crippen molar-refractivity contribution >= 4 is 0 Å².